The zero-order chi connectivity index (χ0) is 35.3. The van der Waals surface area contributed by atoms with Gasteiger partial charge in [0.25, 0.3) is 5.91 Å². The van der Waals surface area contributed by atoms with Gasteiger partial charge in [0.15, 0.2) is 0 Å². The van der Waals surface area contributed by atoms with Crippen molar-refractivity contribution in [3.63, 3.8) is 0 Å². The third-order valence-corrected chi connectivity index (χ3v) is 5.51. The van der Waals surface area contributed by atoms with E-state index in [0.717, 1.165) is 11.1 Å². The molecule has 0 saturated carbocycles. The van der Waals surface area contributed by atoms with Gasteiger partial charge in [0.2, 0.25) is 5.95 Å². The molecule has 37 heavy (non-hydrogen) atoms. The quantitative estimate of drug-likeness (QED) is 0.381. The summed E-state index contributed by atoms with van der Waals surface area (Å²) < 4.78 is 89.4. The van der Waals surface area contributed by atoms with Gasteiger partial charge >= 0.3 is 0 Å². The number of aromatic nitrogens is 3. The van der Waals surface area contributed by atoms with Gasteiger partial charge in [-0.15, -0.1) is 0 Å². The minimum atomic E-state index is -3.48. The van der Waals surface area contributed by atoms with E-state index in [1.165, 1.54) is 24.3 Å². The van der Waals surface area contributed by atoms with Crippen molar-refractivity contribution in [2.75, 3.05) is 43.6 Å². The number of rotatable bonds is 7. The minimum absolute atomic E-state index is 0.199. The molecule has 1 amide bonds. The summed E-state index contributed by atoms with van der Waals surface area (Å²) in [5.74, 6) is -0.149. The molecule has 2 aromatic carbocycles. The van der Waals surface area contributed by atoms with E-state index in [1.807, 2.05) is 13.0 Å². The van der Waals surface area contributed by atoms with Crippen LogP contribution in [0.25, 0.3) is 11.3 Å². The Morgan fingerprint density at radius 2 is 1.89 bits per heavy atom. The third kappa shape index (κ3) is 6.35. The number of nitrogens with zero attached hydrogens (tertiary/aromatic N) is 5. The number of carbonyl (C=O) groups is 1. The van der Waals surface area contributed by atoms with Crippen molar-refractivity contribution in [2.45, 2.75) is 13.5 Å². The fraction of sp³-hybridized carbons (Fsp3) is 0.241. The van der Waals surface area contributed by atoms with Crippen LogP contribution in [0.3, 0.4) is 0 Å². The maximum absolute atomic E-state index is 13.1. The van der Waals surface area contributed by atoms with Crippen LogP contribution >= 0.6 is 0 Å². The van der Waals surface area contributed by atoms with Crippen molar-refractivity contribution in [1.29, 1.82) is 0 Å². The van der Waals surface area contributed by atoms with Gasteiger partial charge < -0.3 is 15.5 Å². The molecule has 0 atom stereocenters. The van der Waals surface area contributed by atoms with E-state index in [1.54, 1.807) is 48.9 Å². The highest BCUT2D eigenvalue weighted by atomic mass is 16.1. The second-order valence-corrected chi connectivity index (χ2v) is 8.18. The van der Waals surface area contributed by atoms with Crippen molar-refractivity contribution in [1.82, 2.24) is 24.8 Å². The van der Waals surface area contributed by atoms with E-state index < -0.39 is 45.4 Å². The Bertz CT molecular complexity index is 1780. The summed E-state index contributed by atoms with van der Waals surface area (Å²) >= 11 is 0. The number of carbonyl (C=O) groups excluding carboxylic acids is 1. The lowest BCUT2D eigenvalue weighted by molar-refractivity contribution is 0.102. The minimum Gasteiger partial charge on any atom is -0.324 e. The number of hydrogen-bond donors (Lipinski definition) is 2. The SMILES string of the molecule is [2H]C([2H])([2H])N1C([2H])([2H])C([2H])([2H])N(Cc2ccc(C(=O)Nc3ccc(C)c(Nc4nccc(-c5cccnc5)n4)c3)cc2)C([2H])([2H])C1([2H])[2H]. The summed E-state index contributed by atoms with van der Waals surface area (Å²) in [6.45, 7) is -15.7. The third-order valence-electron chi connectivity index (χ3n) is 5.51. The second-order valence-electron chi connectivity index (χ2n) is 8.18. The zero-order valence-electron chi connectivity index (χ0n) is 30.9. The maximum Gasteiger partial charge on any atom is 0.255 e. The highest BCUT2D eigenvalue weighted by Gasteiger charge is 2.14. The van der Waals surface area contributed by atoms with E-state index in [4.69, 9.17) is 15.1 Å². The molecule has 0 unspecified atom stereocenters. The predicted molar refractivity (Wildman–Crippen MR) is 147 cm³/mol. The average molecular weight is 505 g/mol. The molecule has 3 heterocycles. The van der Waals surface area contributed by atoms with Crippen LogP contribution in [-0.2, 0) is 6.54 Å². The molecule has 0 aliphatic carbocycles. The second kappa shape index (κ2) is 11.3. The molecule has 2 N–H and O–H groups in total. The van der Waals surface area contributed by atoms with Crippen LogP contribution in [0.5, 0.6) is 0 Å². The van der Waals surface area contributed by atoms with Gasteiger partial charge in [-0.05, 0) is 67.5 Å². The van der Waals surface area contributed by atoms with Crippen molar-refractivity contribution in [2.24, 2.45) is 0 Å². The van der Waals surface area contributed by atoms with Crippen LogP contribution in [0.1, 0.15) is 36.6 Å². The first-order chi connectivity index (χ1) is 22.3. The summed E-state index contributed by atoms with van der Waals surface area (Å²) in [6.07, 6.45) is 4.98. The number of aryl methyl sites for hydroxylation is 1. The normalized spacial score (nSPS) is 24.5. The molecule has 1 aliphatic rings. The van der Waals surface area contributed by atoms with Crippen molar-refractivity contribution < 1.29 is 19.9 Å². The molecule has 2 aromatic heterocycles. The van der Waals surface area contributed by atoms with Crippen LogP contribution in [0.4, 0.5) is 17.3 Å². The van der Waals surface area contributed by atoms with Crippen LogP contribution < -0.4 is 10.6 Å². The van der Waals surface area contributed by atoms with Gasteiger partial charge in [0.1, 0.15) is 0 Å². The predicted octanol–water partition coefficient (Wildman–Crippen LogP) is 4.59. The van der Waals surface area contributed by atoms with E-state index in [-0.39, 0.29) is 16.0 Å². The summed E-state index contributed by atoms with van der Waals surface area (Å²) in [7, 11) is 0. The first-order valence-electron chi connectivity index (χ1n) is 16.9. The zero-order valence-corrected chi connectivity index (χ0v) is 19.9. The highest BCUT2D eigenvalue weighted by molar-refractivity contribution is 6.04. The fourth-order valence-electron chi connectivity index (χ4n) is 3.55. The Hall–Kier alpha value is -4.14. The number of pyridine rings is 1. The molecule has 1 saturated heterocycles. The number of hydrogen-bond acceptors (Lipinski definition) is 7. The standard InChI is InChI=1S/C29H31N7O/c1-21-5-10-25(18-27(21)34-29-31-13-11-26(33-29)24-4-3-12-30-19-24)32-28(37)23-8-6-22(7-9-23)20-36-16-14-35(2)15-17-36/h3-13,18-19H,14-17,20H2,1-2H3,(H,32,37)(H,31,33,34)/i2D3,14D2,15D2,16D2,17D2. The molecule has 0 radical (unpaired) electrons. The number of benzene rings is 2. The molecule has 8 heteroatoms. The Labute approximate surface area is 232 Å². The summed E-state index contributed by atoms with van der Waals surface area (Å²) in [5.41, 5.74) is 3.89. The van der Waals surface area contributed by atoms with Gasteiger partial charge in [-0.1, -0.05) is 18.2 Å². The van der Waals surface area contributed by atoms with E-state index in [0.29, 0.717) is 27.9 Å². The van der Waals surface area contributed by atoms with Gasteiger partial charge in [-0.2, -0.15) is 0 Å². The van der Waals surface area contributed by atoms with Gasteiger partial charge in [0.05, 0.1) is 5.69 Å². The molecular weight excluding hydrogens is 462 g/mol. The lowest BCUT2D eigenvalue weighted by Gasteiger charge is -2.32. The molecule has 1 fully saturated rings. The van der Waals surface area contributed by atoms with E-state index >= 15 is 0 Å². The molecular formula is C29H31N7O. The molecule has 0 bridgehead atoms. The molecule has 1 aliphatic heterocycles. The summed E-state index contributed by atoms with van der Waals surface area (Å²) in [5, 5.41) is 5.97. The molecule has 8 nitrogen and oxygen atoms in total. The average Bonchev–Trinajstić information content (AvgIpc) is 3.00. The molecule has 5 rings (SSSR count). The Kier molecular flexibility index (Phi) is 4.44. The summed E-state index contributed by atoms with van der Waals surface area (Å²) in [6, 6.07) is 16.3. The highest BCUT2D eigenvalue weighted by Crippen LogP contribution is 2.24. The Morgan fingerprint density at radius 3 is 2.65 bits per heavy atom. The van der Waals surface area contributed by atoms with Crippen LogP contribution in [-0.4, -0.2) is 63.6 Å². The molecule has 188 valence electrons. The topological polar surface area (TPSA) is 86.3 Å². The lowest BCUT2D eigenvalue weighted by Crippen LogP contribution is -2.43. The van der Waals surface area contributed by atoms with E-state index in [9.17, 15) is 4.79 Å². The van der Waals surface area contributed by atoms with Gasteiger partial charge in [-0.25, -0.2) is 9.97 Å². The fourth-order valence-corrected chi connectivity index (χ4v) is 3.55. The lowest BCUT2D eigenvalue weighted by atomic mass is 10.1. The molecule has 0 spiro atoms. The van der Waals surface area contributed by atoms with Crippen LogP contribution in [0.15, 0.2) is 79.3 Å². The van der Waals surface area contributed by atoms with Crippen molar-refractivity contribution in [3.8, 4) is 11.3 Å². The Morgan fingerprint density at radius 1 is 1.05 bits per heavy atom. The number of piperazine rings is 1. The first-order valence-corrected chi connectivity index (χ1v) is 11.4. The van der Waals surface area contributed by atoms with Crippen molar-refractivity contribution >= 4 is 23.2 Å². The van der Waals surface area contributed by atoms with Gasteiger partial charge in [0, 0.05) is 88.7 Å². The maximum atomic E-state index is 13.1. The number of likely N-dealkylation sites (N-methyl/N-ethyl adjacent to an activating group) is 1. The largest absolute Gasteiger partial charge is 0.324 e. The van der Waals surface area contributed by atoms with Crippen LogP contribution in [0.2, 0.25) is 0 Å². The first kappa shape index (κ1) is 14.6. The molecule has 4 aromatic rings. The van der Waals surface area contributed by atoms with Crippen LogP contribution in [0, 0.1) is 6.92 Å². The number of amides is 1. The smallest absolute Gasteiger partial charge is 0.255 e. The van der Waals surface area contributed by atoms with E-state index in [2.05, 4.69) is 25.6 Å². The monoisotopic (exact) mass is 504 g/mol. The summed E-state index contributed by atoms with van der Waals surface area (Å²) in [4.78, 5) is 26.0. The number of nitrogens with one attached hydrogen (secondary N) is 2. The van der Waals surface area contributed by atoms with Gasteiger partial charge in [-0.3, -0.25) is 14.7 Å². The Balaban J connectivity index is 1.31. The van der Waals surface area contributed by atoms with Crippen molar-refractivity contribution in [3.05, 3.63) is 95.9 Å². The number of anilines is 3.